The highest BCUT2D eigenvalue weighted by Crippen LogP contribution is 2.09. The second-order valence-corrected chi connectivity index (χ2v) is 2.64. The van der Waals surface area contributed by atoms with E-state index in [1.165, 1.54) is 0 Å². The van der Waals surface area contributed by atoms with Crippen LogP contribution < -0.4 is 10.8 Å². The minimum absolute atomic E-state index is 0.500. The molecule has 0 aliphatic carbocycles. The van der Waals surface area contributed by atoms with E-state index in [2.05, 4.69) is 21.7 Å². The maximum absolute atomic E-state index is 8.25. The lowest BCUT2D eigenvalue weighted by Crippen LogP contribution is -2.39. The fourth-order valence-electron chi connectivity index (χ4n) is 0.484. The molecule has 3 N–H and O–H groups in total. The van der Waals surface area contributed by atoms with Crippen LogP contribution in [0.15, 0.2) is 28.7 Å². The third-order valence-electron chi connectivity index (χ3n) is 0.913. The lowest BCUT2D eigenvalue weighted by atomic mass is 10.3. The van der Waals surface area contributed by atoms with E-state index in [4.69, 9.17) is 9.90 Å². The first kappa shape index (κ1) is 10.1. The van der Waals surface area contributed by atoms with Crippen molar-refractivity contribution in [2.24, 2.45) is 0 Å². The Labute approximate surface area is 73.0 Å². The van der Waals surface area contributed by atoms with E-state index < -0.39 is 6.47 Å². The zero-order valence-electron chi connectivity index (χ0n) is 5.79. The monoisotopic (exact) mass is 217 g/mol. The van der Waals surface area contributed by atoms with Gasteiger partial charge in [-0.2, -0.15) is 0 Å². The van der Waals surface area contributed by atoms with Gasteiger partial charge >= 0.3 is 0 Å². The van der Waals surface area contributed by atoms with Gasteiger partial charge in [-0.25, -0.2) is 0 Å². The lowest BCUT2D eigenvalue weighted by molar-refractivity contribution is -0.283. The van der Waals surface area contributed by atoms with Crippen molar-refractivity contribution in [3.05, 3.63) is 28.7 Å². The summed E-state index contributed by atoms with van der Waals surface area (Å²) in [5.74, 6) is 0. The molecule has 1 rings (SSSR count). The van der Waals surface area contributed by atoms with Crippen molar-refractivity contribution in [2.45, 2.75) is 0 Å². The van der Waals surface area contributed by atoms with Gasteiger partial charge in [0.1, 0.15) is 5.69 Å². The number of carbonyl (C=O) groups is 1. The fourth-order valence-corrected chi connectivity index (χ4v) is 0.749. The van der Waals surface area contributed by atoms with Crippen LogP contribution in [0, 0.1) is 0 Å². The molecule has 3 nitrogen and oxygen atoms in total. The van der Waals surface area contributed by atoms with Gasteiger partial charge in [0.25, 0.3) is 0 Å². The third kappa shape index (κ3) is 5.57. The van der Waals surface area contributed by atoms with E-state index >= 15 is 0 Å². The van der Waals surface area contributed by atoms with E-state index in [0.717, 1.165) is 10.2 Å². The summed E-state index contributed by atoms with van der Waals surface area (Å²) in [5.41, 5.74) is 4.79. The minimum atomic E-state index is -0.500. The van der Waals surface area contributed by atoms with Crippen LogP contribution in [0.3, 0.4) is 0 Å². The van der Waals surface area contributed by atoms with Crippen molar-refractivity contribution in [1.29, 1.82) is 0 Å². The molecule has 4 heteroatoms. The molecule has 0 unspecified atom stereocenters. The van der Waals surface area contributed by atoms with Gasteiger partial charge < -0.3 is 15.6 Å². The number of hydrogen-bond donors (Lipinski definition) is 1. The molecule has 0 amide bonds. The normalized spacial score (nSPS) is 7.82. The average Bonchev–Trinajstić information content (AvgIpc) is 1.97. The topological polar surface area (TPSA) is 67.8 Å². The van der Waals surface area contributed by atoms with Crippen LogP contribution in [0.1, 0.15) is 0 Å². The Balaban J connectivity index is 0.000000292. The zero-order chi connectivity index (χ0) is 8.69. The molecule has 0 saturated carbocycles. The van der Waals surface area contributed by atoms with Crippen LogP contribution in [0.25, 0.3) is 0 Å². The summed E-state index contributed by atoms with van der Waals surface area (Å²) < 4.78 is 1.10. The number of halogens is 1. The number of rotatable bonds is 0. The predicted octanol–water partition coefficient (Wildman–Crippen LogP) is -0.311. The van der Waals surface area contributed by atoms with Crippen molar-refractivity contribution < 1.29 is 15.6 Å². The van der Waals surface area contributed by atoms with Crippen LogP contribution in [0.4, 0.5) is 5.69 Å². The summed E-state index contributed by atoms with van der Waals surface area (Å²) >= 11 is 3.32. The van der Waals surface area contributed by atoms with Gasteiger partial charge in [-0.3, -0.25) is 0 Å². The van der Waals surface area contributed by atoms with E-state index in [9.17, 15) is 0 Å². The zero-order valence-corrected chi connectivity index (χ0v) is 7.37. The second kappa shape index (κ2) is 5.88. The lowest BCUT2D eigenvalue weighted by Gasteiger charge is -1.85. The Bertz CT molecular complexity index is 189. The molecule has 0 bridgehead atoms. The van der Waals surface area contributed by atoms with Gasteiger partial charge in [0, 0.05) is 10.9 Å². The Kier molecular flexibility index (Phi) is 5.42. The molecular formula is C7H8BrNO2. The molecule has 1 aromatic rings. The predicted molar refractivity (Wildman–Crippen MR) is 42.8 cm³/mol. The standard InChI is InChI=1S/C6H6BrN.CH2O2/c7-5-1-3-6(8)4-2-5;2-1-3/h1-4H,8H2;1H,(H,2,3). The van der Waals surface area contributed by atoms with Gasteiger partial charge in [-0.15, -0.1) is 0 Å². The first-order valence-electron chi connectivity index (χ1n) is 2.84. The largest absolute Gasteiger partial charge is 0.554 e. The molecule has 0 aliphatic rings. The average molecular weight is 218 g/mol. The molecular weight excluding hydrogens is 210 g/mol. The van der Waals surface area contributed by atoms with Gasteiger partial charge in [0.2, 0.25) is 0 Å². The van der Waals surface area contributed by atoms with Crippen molar-refractivity contribution in [3.8, 4) is 0 Å². The van der Waals surface area contributed by atoms with Crippen molar-refractivity contribution in [3.63, 3.8) is 0 Å². The van der Waals surface area contributed by atoms with Gasteiger partial charge in [-0.1, -0.05) is 15.9 Å². The molecule has 0 aliphatic heterocycles. The number of benzene rings is 1. The summed E-state index contributed by atoms with van der Waals surface area (Å²) in [5, 5.41) is 8.25. The van der Waals surface area contributed by atoms with Crippen LogP contribution in [-0.2, 0) is 4.79 Å². The molecule has 1 aromatic carbocycles. The molecule has 0 radical (unpaired) electrons. The SMILES string of the molecule is O=C[O-].[NH3+]c1ccc(Br)cc1. The number of hydrogen-bond acceptors (Lipinski definition) is 2. The summed E-state index contributed by atoms with van der Waals surface area (Å²) in [6.07, 6.45) is 0. The van der Waals surface area contributed by atoms with Crippen molar-refractivity contribution in [2.75, 3.05) is 0 Å². The second-order valence-electron chi connectivity index (χ2n) is 1.72. The first-order chi connectivity index (χ1) is 5.20. The van der Waals surface area contributed by atoms with Crippen molar-refractivity contribution >= 4 is 28.1 Å². The van der Waals surface area contributed by atoms with E-state index in [1.807, 2.05) is 24.3 Å². The fraction of sp³-hybridized carbons (Fsp3) is 0. The number of quaternary nitrogens is 1. The smallest absolute Gasteiger partial charge is 0.127 e. The third-order valence-corrected chi connectivity index (χ3v) is 1.44. The highest BCUT2D eigenvalue weighted by molar-refractivity contribution is 9.10. The summed E-state index contributed by atoms with van der Waals surface area (Å²) in [6.45, 7) is -0.500. The van der Waals surface area contributed by atoms with Gasteiger partial charge in [0.15, 0.2) is 0 Å². The summed E-state index contributed by atoms with van der Waals surface area (Å²) in [7, 11) is 0. The number of carbonyl (C=O) groups excluding carboxylic acids is 1. The number of carboxylic acid groups (broad SMARTS) is 1. The van der Waals surface area contributed by atoms with Crippen LogP contribution in [0.2, 0.25) is 0 Å². The van der Waals surface area contributed by atoms with E-state index in [1.54, 1.807) is 0 Å². The molecule has 0 fully saturated rings. The molecule has 0 atom stereocenters. The highest BCUT2D eigenvalue weighted by Gasteiger charge is 1.85. The van der Waals surface area contributed by atoms with E-state index in [0.29, 0.717) is 0 Å². The van der Waals surface area contributed by atoms with Gasteiger partial charge in [-0.05, 0) is 24.3 Å². The molecule has 0 aromatic heterocycles. The Morgan fingerprint density at radius 3 is 2.00 bits per heavy atom. The molecule has 0 spiro atoms. The van der Waals surface area contributed by atoms with Crippen molar-refractivity contribution in [1.82, 2.24) is 0 Å². The first-order valence-corrected chi connectivity index (χ1v) is 3.63. The maximum Gasteiger partial charge on any atom is 0.127 e. The maximum atomic E-state index is 8.25. The molecule has 11 heavy (non-hydrogen) atoms. The molecule has 0 saturated heterocycles. The highest BCUT2D eigenvalue weighted by atomic mass is 79.9. The quantitative estimate of drug-likeness (QED) is 0.607. The molecule has 60 valence electrons. The van der Waals surface area contributed by atoms with Crippen LogP contribution in [-0.4, -0.2) is 6.47 Å². The van der Waals surface area contributed by atoms with Crippen LogP contribution >= 0.6 is 15.9 Å². The summed E-state index contributed by atoms with van der Waals surface area (Å²) in [6, 6.07) is 7.87. The van der Waals surface area contributed by atoms with Gasteiger partial charge in [0.05, 0.1) is 0 Å². The van der Waals surface area contributed by atoms with Crippen LogP contribution in [0.5, 0.6) is 0 Å². The molecule has 0 heterocycles. The van der Waals surface area contributed by atoms with E-state index in [-0.39, 0.29) is 0 Å². The minimum Gasteiger partial charge on any atom is -0.554 e. The Morgan fingerprint density at radius 2 is 1.73 bits per heavy atom. The Hall–Kier alpha value is -0.870. The Morgan fingerprint density at radius 1 is 1.36 bits per heavy atom. The summed E-state index contributed by atoms with van der Waals surface area (Å²) in [4.78, 5) is 8.25.